The predicted molar refractivity (Wildman–Crippen MR) is 58.6 cm³/mol. The Morgan fingerprint density at radius 2 is 2.00 bits per heavy atom. The van der Waals surface area contributed by atoms with Gasteiger partial charge >= 0.3 is 0 Å². The average Bonchev–Trinajstić information content (AvgIpc) is 2.50. The summed E-state index contributed by atoms with van der Waals surface area (Å²) in [6, 6.07) is 1.94. The van der Waals surface area contributed by atoms with Crippen molar-refractivity contribution >= 4 is 23.2 Å². The number of halogens is 2. The SMILES string of the molecule is Cc1cc(C)n(-c2nc(Cl)ncc2Cl)n1. The molecular weight excluding hydrogens is 235 g/mol. The van der Waals surface area contributed by atoms with Gasteiger partial charge in [0, 0.05) is 5.69 Å². The van der Waals surface area contributed by atoms with Gasteiger partial charge < -0.3 is 0 Å². The molecule has 0 aromatic carbocycles. The van der Waals surface area contributed by atoms with Gasteiger partial charge in [-0.1, -0.05) is 11.6 Å². The summed E-state index contributed by atoms with van der Waals surface area (Å²) < 4.78 is 1.64. The minimum Gasteiger partial charge on any atom is -0.225 e. The number of hydrogen-bond acceptors (Lipinski definition) is 3. The molecule has 2 aromatic heterocycles. The summed E-state index contributed by atoms with van der Waals surface area (Å²) in [5, 5.41) is 4.84. The van der Waals surface area contributed by atoms with Gasteiger partial charge in [0.1, 0.15) is 5.02 Å². The first-order valence-corrected chi connectivity index (χ1v) is 5.05. The molecule has 0 bridgehead atoms. The highest BCUT2D eigenvalue weighted by Crippen LogP contribution is 2.19. The molecule has 0 radical (unpaired) electrons. The molecule has 0 amide bonds. The average molecular weight is 243 g/mol. The second kappa shape index (κ2) is 3.79. The van der Waals surface area contributed by atoms with Gasteiger partial charge in [-0.2, -0.15) is 10.1 Å². The van der Waals surface area contributed by atoms with Crippen molar-refractivity contribution in [1.82, 2.24) is 19.7 Å². The van der Waals surface area contributed by atoms with Crippen LogP contribution in [0.2, 0.25) is 10.3 Å². The fourth-order valence-electron chi connectivity index (χ4n) is 1.33. The van der Waals surface area contributed by atoms with Crippen LogP contribution in [-0.4, -0.2) is 19.7 Å². The van der Waals surface area contributed by atoms with E-state index in [1.807, 2.05) is 19.9 Å². The minimum absolute atomic E-state index is 0.155. The van der Waals surface area contributed by atoms with Gasteiger partial charge in [0.15, 0.2) is 5.82 Å². The Hall–Kier alpha value is -1.13. The Morgan fingerprint density at radius 3 is 2.60 bits per heavy atom. The lowest BCUT2D eigenvalue weighted by Gasteiger charge is -2.04. The van der Waals surface area contributed by atoms with Crippen LogP contribution < -0.4 is 0 Å². The molecule has 0 saturated carbocycles. The van der Waals surface area contributed by atoms with Crippen molar-refractivity contribution in [3.63, 3.8) is 0 Å². The van der Waals surface area contributed by atoms with Crippen molar-refractivity contribution in [2.24, 2.45) is 0 Å². The highest BCUT2D eigenvalue weighted by molar-refractivity contribution is 6.32. The highest BCUT2D eigenvalue weighted by Gasteiger charge is 2.10. The van der Waals surface area contributed by atoms with E-state index in [1.54, 1.807) is 4.68 Å². The van der Waals surface area contributed by atoms with E-state index >= 15 is 0 Å². The van der Waals surface area contributed by atoms with E-state index in [9.17, 15) is 0 Å². The van der Waals surface area contributed by atoms with Crippen LogP contribution in [0.4, 0.5) is 0 Å². The van der Waals surface area contributed by atoms with Gasteiger partial charge in [0.25, 0.3) is 0 Å². The van der Waals surface area contributed by atoms with E-state index in [4.69, 9.17) is 23.2 Å². The molecule has 15 heavy (non-hydrogen) atoms. The molecule has 2 aromatic rings. The minimum atomic E-state index is 0.155. The van der Waals surface area contributed by atoms with E-state index in [2.05, 4.69) is 15.1 Å². The number of aromatic nitrogens is 4. The summed E-state index contributed by atoms with van der Waals surface area (Å²) in [6.07, 6.45) is 1.46. The zero-order valence-corrected chi connectivity index (χ0v) is 9.71. The van der Waals surface area contributed by atoms with E-state index in [-0.39, 0.29) is 5.28 Å². The number of rotatable bonds is 1. The van der Waals surface area contributed by atoms with Gasteiger partial charge in [-0.05, 0) is 31.5 Å². The fraction of sp³-hybridized carbons (Fsp3) is 0.222. The third-order valence-electron chi connectivity index (χ3n) is 1.91. The topological polar surface area (TPSA) is 43.6 Å². The predicted octanol–water partition coefficient (Wildman–Crippen LogP) is 2.59. The molecule has 0 unspecified atom stereocenters. The summed E-state index contributed by atoms with van der Waals surface area (Å²) in [6.45, 7) is 3.83. The highest BCUT2D eigenvalue weighted by atomic mass is 35.5. The van der Waals surface area contributed by atoms with Crippen LogP contribution in [0.25, 0.3) is 5.82 Å². The Bertz CT molecular complexity index is 507. The van der Waals surface area contributed by atoms with E-state index in [0.717, 1.165) is 11.4 Å². The molecule has 0 aliphatic rings. The Balaban J connectivity index is 2.62. The van der Waals surface area contributed by atoms with Crippen molar-refractivity contribution in [3.05, 3.63) is 34.0 Å². The van der Waals surface area contributed by atoms with E-state index in [1.165, 1.54) is 6.20 Å². The number of nitrogens with zero attached hydrogens (tertiary/aromatic N) is 4. The number of aryl methyl sites for hydroxylation is 2. The zero-order chi connectivity index (χ0) is 11.0. The molecular formula is C9H8Cl2N4. The third-order valence-corrected chi connectivity index (χ3v) is 2.36. The van der Waals surface area contributed by atoms with Crippen LogP contribution >= 0.6 is 23.2 Å². The molecule has 4 nitrogen and oxygen atoms in total. The lowest BCUT2D eigenvalue weighted by atomic mass is 10.4. The molecule has 2 rings (SSSR count). The molecule has 0 fully saturated rings. The van der Waals surface area contributed by atoms with Crippen molar-refractivity contribution in [1.29, 1.82) is 0 Å². The number of hydrogen-bond donors (Lipinski definition) is 0. The summed E-state index contributed by atoms with van der Waals surface area (Å²) in [5.74, 6) is 0.502. The summed E-state index contributed by atoms with van der Waals surface area (Å²) in [4.78, 5) is 7.82. The van der Waals surface area contributed by atoms with Gasteiger partial charge in [-0.3, -0.25) is 0 Å². The Kier molecular flexibility index (Phi) is 2.63. The van der Waals surface area contributed by atoms with Crippen LogP contribution in [0.5, 0.6) is 0 Å². The molecule has 0 spiro atoms. The maximum absolute atomic E-state index is 5.97. The normalized spacial score (nSPS) is 10.7. The molecule has 0 aliphatic carbocycles. The second-order valence-electron chi connectivity index (χ2n) is 3.15. The molecule has 0 N–H and O–H groups in total. The van der Waals surface area contributed by atoms with Crippen LogP contribution in [0, 0.1) is 13.8 Å². The molecule has 0 aliphatic heterocycles. The summed E-state index contributed by atoms with van der Waals surface area (Å²) >= 11 is 11.7. The van der Waals surface area contributed by atoms with Crippen LogP contribution in [0.1, 0.15) is 11.4 Å². The first-order chi connectivity index (χ1) is 7.08. The molecule has 0 saturated heterocycles. The van der Waals surface area contributed by atoms with Crippen molar-refractivity contribution < 1.29 is 0 Å². The smallest absolute Gasteiger partial charge is 0.224 e. The van der Waals surface area contributed by atoms with Gasteiger partial charge in [0.05, 0.1) is 11.9 Å². The second-order valence-corrected chi connectivity index (χ2v) is 3.89. The van der Waals surface area contributed by atoms with Crippen molar-refractivity contribution in [2.75, 3.05) is 0 Å². The summed E-state index contributed by atoms with van der Waals surface area (Å²) in [7, 11) is 0. The first-order valence-electron chi connectivity index (χ1n) is 4.29. The molecule has 0 atom stereocenters. The summed E-state index contributed by atoms with van der Waals surface area (Å²) in [5.41, 5.74) is 1.85. The molecule has 2 heterocycles. The van der Waals surface area contributed by atoms with Gasteiger partial charge in [-0.25, -0.2) is 9.67 Å². The Labute approximate surface area is 96.9 Å². The van der Waals surface area contributed by atoms with Gasteiger partial charge in [0.2, 0.25) is 5.28 Å². The van der Waals surface area contributed by atoms with Crippen LogP contribution in [-0.2, 0) is 0 Å². The quantitative estimate of drug-likeness (QED) is 0.723. The van der Waals surface area contributed by atoms with Crippen molar-refractivity contribution in [2.45, 2.75) is 13.8 Å². The zero-order valence-electron chi connectivity index (χ0n) is 8.20. The first kappa shape index (κ1) is 10.4. The standard InChI is InChI=1S/C9H8Cl2N4/c1-5-3-6(2)15(14-5)8-7(10)4-12-9(11)13-8/h3-4H,1-2H3. The maximum Gasteiger partial charge on any atom is 0.224 e. The molecule has 78 valence electrons. The third kappa shape index (κ3) is 1.96. The van der Waals surface area contributed by atoms with E-state index in [0.29, 0.717) is 10.8 Å². The van der Waals surface area contributed by atoms with Crippen molar-refractivity contribution in [3.8, 4) is 5.82 Å². The lowest BCUT2D eigenvalue weighted by molar-refractivity contribution is 0.801. The van der Waals surface area contributed by atoms with Crippen LogP contribution in [0.3, 0.4) is 0 Å². The van der Waals surface area contributed by atoms with Gasteiger partial charge in [-0.15, -0.1) is 0 Å². The fourth-order valence-corrected chi connectivity index (χ4v) is 1.63. The maximum atomic E-state index is 5.97. The monoisotopic (exact) mass is 242 g/mol. The molecule has 6 heteroatoms. The largest absolute Gasteiger partial charge is 0.225 e. The van der Waals surface area contributed by atoms with E-state index < -0.39 is 0 Å². The lowest BCUT2D eigenvalue weighted by Crippen LogP contribution is -2.03. The Morgan fingerprint density at radius 1 is 1.27 bits per heavy atom. The van der Waals surface area contributed by atoms with Crippen LogP contribution in [0.15, 0.2) is 12.3 Å².